The largest absolute Gasteiger partial charge is 0.284 e. The van der Waals surface area contributed by atoms with E-state index in [0.717, 1.165) is 12.8 Å². The Morgan fingerprint density at radius 1 is 1.37 bits per heavy atom. The number of nitrogens with one attached hydrogen (secondary N) is 1. The maximum atomic E-state index is 13.2. The van der Waals surface area contributed by atoms with Crippen molar-refractivity contribution in [3.8, 4) is 0 Å². The fraction of sp³-hybridized carbons (Fsp3) is 0.500. The normalized spacial score (nSPS) is 24.2. The van der Waals surface area contributed by atoms with Crippen molar-refractivity contribution >= 4 is 21.8 Å². The Labute approximate surface area is 121 Å². The molecule has 0 saturated carbocycles. The number of carbonyl (C=O) groups is 1. The SMILES string of the molecule is CC1CCCC(C)N1NC(=O)c1cc(F)ccc1Br. The van der Waals surface area contributed by atoms with Crippen molar-refractivity contribution in [2.75, 3.05) is 0 Å². The molecule has 1 N–H and O–H groups in total. The number of hydrogen-bond donors (Lipinski definition) is 1. The molecule has 1 aliphatic rings. The summed E-state index contributed by atoms with van der Waals surface area (Å²) in [6, 6.07) is 4.74. The van der Waals surface area contributed by atoms with Gasteiger partial charge in [0.2, 0.25) is 0 Å². The molecular formula is C14H18BrFN2O. The first kappa shape index (κ1) is 14.5. The first-order valence-corrected chi connectivity index (χ1v) is 7.32. The quantitative estimate of drug-likeness (QED) is 0.901. The molecule has 0 spiro atoms. The maximum Gasteiger partial charge on any atom is 0.266 e. The van der Waals surface area contributed by atoms with Crippen LogP contribution >= 0.6 is 15.9 Å². The highest BCUT2D eigenvalue weighted by Gasteiger charge is 2.26. The van der Waals surface area contributed by atoms with Gasteiger partial charge in [-0.1, -0.05) is 6.42 Å². The van der Waals surface area contributed by atoms with E-state index < -0.39 is 5.82 Å². The minimum atomic E-state index is -0.409. The number of carbonyl (C=O) groups excluding carboxylic acids is 1. The lowest BCUT2D eigenvalue weighted by Gasteiger charge is -2.38. The standard InChI is InChI=1S/C14H18BrFN2O/c1-9-4-3-5-10(2)18(9)17-14(19)12-8-11(16)6-7-13(12)15/h6-10H,3-5H2,1-2H3,(H,17,19). The third-order valence-corrected chi connectivity index (χ3v) is 4.29. The number of benzene rings is 1. The Morgan fingerprint density at radius 3 is 2.63 bits per heavy atom. The number of halogens is 2. The van der Waals surface area contributed by atoms with Crippen molar-refractivity contribution in [1.29, 1.82) is 0 Å². The molecule has 0 aromatic heterocycles. The molecule has 1 saturated heterocycles. The van der Waals surface area contributed by atoms with Gasteiger partial charge in [-0.25, -0.2) is 9.40 Å². The number of amides is 1. The van der Waals surface area contributed by atoms with Crippen LogP contribution < -0.4 is 5.43 Å². The average Bonchev–Trinajstić information content (AvgIpc) is 2.37. The van der Waals surface area contributed by atoms with E-state index in [1.165, 1.54) is 18.6 Å². The predicted octanol–water partition coefficient (Wildman–Crippen LogP) is 3.50. The lowest BCUT2D eigenvalue weighted by atomic mass is 10.00. The lowest BCUT2D eigenvalue weighted by molar-refractivity contribution is 0.0369. The monoisotopic (exact) mass is 328 g/mol. The topological polar surface area (TPSA) is 32.3 Å². The van der Waals surface area contributed by atoms with Gasteiger partial charge in [0.15, 0.2) is 0 Å². The van der Waals surface area contributed by atoms with Gasteiger partial charge < -0.3 is 0 Å². The summed E-state index contributed by atoms with van der Waals surface area (Å²) in [4.78, 5) is 12.2. The van der Waals surface area contributed by atoms with Gasteiger partial charge in [-0.3, -0.25) is 10.2 Å². The summed E-state index contributed by atoms with van der Waals surface area (Å²) in [5.74, 6) is -0.680. The van der Waals surface area contributed by atoms with Crippen LogP contribution in [0.2, 0.25) is 0 Å². The highest BCUT2D eigenvalue weighted by Crippen LogP contribution is 2.22. The smallest absolute Gasteiger partial charge is 0.266 e. The fourth-order valence-corrected chi connectivity index (χ4v) is 2.92. The molecule has 2 rings (SSSR count). The summed E-state index contributed by atoms with van der Waals surface area (Å²) in [5.41, 5.74) is 3.22. The summed E-state index contributed by atoms with van der Waals surface area (Å²) in [6.07, 6.45) is 3.31. The minimum Gasteiger partial charge on any atom is -0.284 e. The number of hydrazine groups is 1. The Kier molecular flexibility index (Phi) is 4.58. The zero-order chi connectivity index (χ0) is 14.0. The molecule has 1 aromatic carbocycles. The van der Waals surface area contributed by atoms with E-state index in [1.807, 2.05) is 5.01 Å². The van der Waals surface area contributed by atoms with E-state index in [4.69, 9.17) is 0 Å². The molecule has 5 heteroatoms. The van der Waals surface area contributed by atoms with Gasteiger partial charge in [-0.2, -0.15) is 0 Å². The minimum absolute atomic E-state index is 0.271. The van der Waals surface area contributed by atoms with E-state index in [9.17, 15) is 9.18 Å². The Morgan fingerprint density at radius 2 is 2.00 bits per heavy atom. The van der Waals surface area contributed by atoms with Gasteiger partial charge in [0.1, 0.15) is 5.82 Å². The molecule has 0 aliphatic carbocycles. The molecule has 1 fully saturated rings. The summed E-state index contributed by atoms with van der Waals surface area (Å²) in [7, 11) is 0. The average molecular weight is 329 g/mol. The molecule has 1 aliphatic heterocycles. The van der Waals surface area contributed by atoms with Crippen molar-refractivity contribution in [2.45, 2.75) is 45.2 Å². The summed E-state index contributed by atoms with van der Waals surface area (Å²) in [5, 5.41) is 1.98. The van der Waals surface area contributed by atoms with Crippen molar-refractivity contribution in [3.63, 3.8) is 0 Å². The fourth-order valence-electron chi connectivity index (χ4n) is 2.49. The molecule has 0 bridgehead atoms. The third-order valence-electron chi connectivity index (χ3n) is 3.60. The van der Waals surface area contributed by atoms with Gasteiger partial charge in [-0.05, 0) is 60.8 Å². The van der Waals surface area contributed by atoms with Gasteiger partial charge in [0.05, 0.1) is 5.56 Å². The van der Waals surface area contributed by atoms with Crippen LogP contribution in [0.15, 0.2) is 22.7 Å². The summed E-state index contributed by atoms with van der Waals surface area (Å²) < 4.78 is 13.8. The second-order valence-corrected chi connectivity index (χ2v) is 5.96. The molecule has 1 heterocycles. The van der Waals surface area contributed by atoms with Crippen molar-refractivity contribution in [1.82, 2.24) is 10.4 Å². The summed E-state index contributed by atoms with van der Waals surface area (Å²) >= 11 is 3.28. The number of nitrogens with zero attached hydrogens (tertiary/aromatic N) is 1. The second-order valence-electron chi connectivity index (χ2n) is 5.10. The molecular weight excluding hydrogens is 311 g/mol. The first-order chi connectivity index (χ1) is 8.99. The second kappa shape index (κ2) is 6.01. The lowest BCUT2D eigenvalue weighted by Crippen LogP contribution is -2.54. The molecule has 1 amide bonds. The molecule has 2 unspecified atom stereocenters. The number of rotatable bonds is 2. The zero-order valence-corrected chi connectivity index (χ0v) is 12.7. The van der Waals surface area contributed by atoms with Crippen molar-refractivity contribution in [2.24, 2.45) is 0 Å². The van der Waals surface area contributed by atoms with Crippen LogP contribution in [0.4, 0.5) is 4.39 Å². The highest BCUT2D eigenvalue weighted by molar-refractivity contribution is 9.10. The summed E-state index contributed by atoms with van der Waals surface area (Å²) in [6.45, 7) is 4.19. The third kappa shape index (κ3) is 3.34. The number of hydrogen-bond acceptors (Lipinski definition) is 2. The maximum absolute atomic E-state index is 13.2. The Bertz CT molecular complexity index is 471. The van der Waals surface area contributed by atoms with Crippen LogP contribution in [-0.2, 0) is 0 Å². The van der Waals surface area contributed by atoms with Crippen LogP contribution in [0.3, 0.4) is 0 Å². The van der Waals surface area contributed by atoms with Gasteiger partial charge in [-0.15, -0.1) is 0 Å². The molecule has 1 aromatic rings. The Hall–Kier alpha value is -0.940. The zero-order valence-electron chi connectivity index (χ0n) is 11.1. The van der Waals surface area contributed by atoms with Crippen molar-refractivity contribution in [3.05, 3.63) is 34.1 Å². The van der Waals surface area contributed by atoms with Crippen LogP contribution in [0.1, 0.15) is 43.5 Å². The van der Waals surface area contributed by atoms with E-state index in [1.54, 1.807) is 6.07 Å². The Balaban J connectivity index is 2.14. The molecule has 3 nitrogen and oxygen atoms in total. The molecule has 104 valence electrons. The van der Waals surface area contributed by atoms with Gasteiger partial charge in [0, 0.05) is 16.6 Å². The molecule has 0 radical (unpaired) electrons. The predicted molar refractivity (Wildman–Crippen MR) is 76.2 cm³/mol. The molecule has 19 heavy (non-hydrogen) atoms. The van der Waals surface area contributed by atoms with Crippen molar-refractivity contribution < 1.29 is 9.18 Å². The van der Waals surface area contributed by atoms with E-state index in [-0.39, 0.29) is 5.91 Å². The van der Waals surface area contributed by atoms with E-state index >= 15 is 0 Å². The first-order valence-electron chi connectivity index (χ1n) is 6.53. The molecule has 2 atom stereocenters. The van der Waals surface area contributed by atoms with Gasteiger partial charge in [0.25, 0.3) is 5.91 Å². The van der Waals surface area contributed by atoms with Crippen LogP contribution in [0, 0.1) is 5.82 Å². The van der Waals surface area contributed by atoms with Crippen LogP contribution in [-0.4, -0.2) is 23.0 Å². The number of piperidine rings is 1. The van der Waals surface area contributed by atoms with Crippen LogP contribution in [0.5, 0.6) is 0 Å². The highest BCUT2D eigenvalue weighted by atomic mass is 79.9. The van der Waals surface area contributed by atoms with Crippen LogP contribution in [0.25, 0.3) is 0 Å². The van der Waals surface area contributed by atoms with E-state index in [0.29, 0.717) is 22.1 Å². The van der Waals surface area contributed by atoms with Gasteiger partial charge >= 0.3 is 0 Å². The van der Waals surface area contributed by atoms with E-state index in [2.05, 4.69) is 35.2 Å².